The molecule has 7 rings (SSSR count). The number of halogens is 3. The molecule has 0 saturated heterocycles. The van der Waals surface area contributed by atoms with Gasteiger partial charge in [-0.25, -0.2) is 8.78 Å². The molecule has 0 radical (unpaired) electrons. The quantitative estimate of drug-likeness (QED) is 0.306. The maximum absolute atomic E-state index is 14.7. The van der Waals surface area contributed by atoms with Crippen molar-refractivity contribution in [3.63, 3.8) is 0 Å². The maximum Gasteiger partial charge on any atom is 0.251 e. The molecule has 3 aliphatic rings. The number of hydrogen-bond donors (Lipinski definition) is 1. The summed E-state index contributed by atoms with van der Waals surface area (Å²) < 4.78 is 30.9. The Morgan fingerprint density at radius 2 is 1.85 bits per heavy atom. The molecule has 1 aromatic carbocycles. The molecule has 2 saturated carbocycles. The van der Waals surface area contributed by atoms with Gasteiger partial charge in [-0.15, -0.1) is 0 Å². The minimum Gasteiger partial charge on any atom is -0.324 e. The molecule has 1 N–H and O–H groups in total. The van der Waals surface area contributed by atoms with Crippen molar-refractivity contribution in [2.75, 3.05) is 5.32 Å². The summed E-state index contributed by atoms with van der Waals surface area (Å²) >= 11 is 5.89. The number of pyridine rings is 3. The molecule has 1 spiro atoms. The maximum atomic E-state index is 14.7. The van der Waals surface area contributed by atoms with Gasteiger partial charge in [-0.2, -0.15) is 0 Å². The van der Waals surface area contributed by atoms with Crippen LogP contribution in [0, 0.1) is 23.0 Å². The minimum atomic E-state index is -0.905. The second kappa shape index (κ2) is 8.55. The third-order valence-electron chi connectivity index (χ3n) is 8.65. The summed E-state index contributed by atoms with van der Waals surface area (Å²) in [5, 5.41) is 2.89. The van der Waals surface area contributed by atoms with Crippen LogP contribution in [0.1, 0.15) is 37.8 Å². The Labute approximate surface area is 227 Å². The molecule has 2 fully saturated rings. The lowest BCUT2D eigenvalue weighted by molar-refractivity contribution is -0.121. The molecule has 1 unspecified atom stereocenters. The minimum absolute atomic E-state index is 0.00458. The Morgan fingerprint density at radius 3 is 2.64 bits per heavy atom. The highest BCUT2D eigenvalue weighted by atomic mass is 35.5. The van der Waals surface area contributed by atoms with Crippen LogP contribution in [0.25, 0.3) is 22.3 Å². The number of aromatic nitrogens is 3. The third kappa shape index (κ3) is 3.72. The van der Waals surface area contributed by atoms with Crippen LogP contribution < -0.4 is 10.9 Å². The Morgan fingerprint density at radius 1 is 1.00 bits per heavy atom. The van der Waals surface area contributed by atoms with Crippen molar-refractivity contribution < 1.29 is 13.6 Å². The lowest BCUT2D eigenvalue weighted by Crippen LogP contribution is -2.33. The fourth-order valence-corrected chi connectivity index (χ4v) is 6.33. The van der Waals surface area contributed by atoms with Crippen LogP contribution in [0.15, 0.2) is 72.0 Å². The molecule has 3 aromatic heterocycles. The van der Waals surface area contributed by atoms with E-state index in [1.54, 1.807) is 35.4 Å². The number of fused-ring (bicyclic) bond motifs is 6. The van der Waals surface area contributed by atoms with Crippen molar-refractivity contribution >= 4 is 23.2 Å². The molecule has 2 bridgehead atoms. The van der Waals surface area contributed by atoms with E-state index in [-0.39, 0.29) is 28.0 Å². The van der Waals surface area contributed by atoms with Crippen LogP contribution in [0.4, 0.5) is 14.5 Å². The van der Waals surface area contributed by atoms with Crippen LogP contribution in [-0.2, 0) is 10.3 Å². The molecule has 196 valence electrons. The Balaban J connectivity index is 1.37. The van der Waals surface area contributed by atoms with Crippen LogP contribution >= 0.6 is 11.6 Å². The molecule has 4 heterocycles. The Hall–Kier alpha value is -3.91. The average molecular weight is 545 g/mol. The fourth-order valence-electron chi connectivity index (χ4n) is 6.17. The van der Waals surface area contributed by atoms with Gasteiger partial charge < -0.3 is 9.88 Å². The van der Waals surface area contributed by atoms with Gasteiger partial charge in [0.05, 0.1) is 33.7 Å². The van der Waals surface area contributed by atoms with Crippen molar-refractivity contribution in [2.24, 2.45) is 11.3 Å². The lowest BCUT2D eigenvalue weighted by Gasteiger charge is -2.24. The smallest absolute Gasteiger partial charge is 0.251 e. The van der Waals surface area contributed by atoms with Crippen LogP contribution in [-0.4, -0.2) is 20.4 Å². The summed E-state index contributed by atoms with van der Waals surface area (Å²) in [6.45, 7) is 0. The number of benzene rings is 1. The summed E-state index contributed by atoms with van der Waals surface area (Å²) in [6, 6.07) is 10.7. The highest BCUT2D eigenvalue weighted by molar-refractivity contribution is 6.31. The molecule has 4 aromatic rings. The normalized spacial score (nSPS) is 22.6. The van der Waals surface area contributed by atoms with Crippen molar-refractivity contribution in [1.82, 2.24) is 14.5 Å². The van der Waals surface area contributed by atoms with Crippen LogP contribution in [0.2, 0.25) is 5.02 Å². The van der Waals surface area contributed by atoms with Crippen LogP contribution in [0.5, 0.6) is 0 Å². The second-order valence-corrected chi connectivity index (χ2v) is 11.2. The van der Waals surface area contributed by atoms with Gasteiger partial charge in [0.25, 0.3) is 5.56 Å². The van der Waals surface area contributed by atoms with Gasteiger partial charge in [0, 0.05) is 35.6 Å². The number of hydrogen-bond acceptors (Lipinski definition) is 4. The van der Waals surface area contributed by atoms with Crippen molar-refractivity contribution in [3.05, 3.63) is 100.0 Å². The summed E-state index contributed by atoms with van der Waals surface area (Å²) in [6.07, 6.45) is 10.4. The standard InChI is InChI=1S/C30H23ClF2N4O2/c31-21-1-2-22(32)26(27(21)33)18-6-12-37(25(38)14-18)30-15-19(30)3-7-29(8-9-29)28(39)36-23-16-34-10-5-20(23)17-4-11-35-24(30)13-17/h1-2,4-6,10-14,16,19H,3,7-9,15H2,(H,36,39)/t19-,30?/m1/s1. The number of carbonyl (C=O) groups is 1. The number of anilines is 1. The second-order valence-electron chi connectivity index (χ2n) is 10.8. The van der Waals surface area contributed by atoms with Gasteiger partial charge in [-0.3, -0.25) is 19.6 Å². The van der Waals surface area contributed by atoms with E-state index in [1.807, 2.05) is 18.2 Å². The Kier molecular flexibility index (Phi) is 5.29. The lowest BCUT2D eigenvalue weighted by atomic mass is 9.93. The van der Waals surface area contributed by atoms with Gasteiger partial charge in [-0.1, -0.05) is 11.6 Å². The van der Waals surface area contributed by atoms with E-state index in [9.17, 15) is 18.4 Å². The first kappa shape index (κ1) is 24.2. The summed E-state index contributed by atoms with van der Waals surface area (Å²) in [7, 11) is 0. The topological polar surface area (TPSA) is 76.9 Å². The first-order valence-electron chi connectivity index (χ1n) is 12.9. The largest absolute Gasteiger partial charge is 0.324 e. The number of amides is 1. The Bertz CT molecular complexity index is 1730. The zero-order chi connectivity index (χ0) is 26.9. The third-order valence-corrected chi connectivity index (χ3v) is 8.94. The molecule has 1 aliphatic heterocycles. The predicted molar refractivity (Wildman–Crippen MR) is 143 cm³/mol. The first-order chi connectivity index (χ1) is 18.8. The summed E-state index contributed by atoms with van der Waals surface area (Å²) in [5.74, 6) is -1.62. The van der Waals surface area contributed by atoms with E-state index in [0.717, 1.165) is 48.2 Å². The molecule has 39 heavy (non-hydrogen) atoms. The highest BCUT2D eigenvalue weighted by Crippen LogP contribution is 2.60. The van der Waals surface area contributed by atoms with Crippen molar-refractivity contribution in [2.45, 2.75) is 37.6 Å². The molecular formula is C30H23ClF2N4O2. The number of rotatable bonds is 2. The average Bonchev–Trinajstić information content (AvgIpc) is 3.86. The van der Waals surface area contributed by atoms with Gasteiger partial charge in [0.1, 0.15) is 5.82 Å². The highest BCUT2D eigenvalue weighted by Gasteiger charge is 2.60. The van der Waals surface area contributed by atoms with E-state index in [1.165, 1.54) is 6.07 Å². The number of nitrogens with zero attached hydrogens (tertiary/aromatic N) is 3. The van der Waals surface area contributed by atoms with Gasteiger partial charge in [-0.05, 0) is 85.5 Å². The van der Waals surface area contributed by atoms with Crippen molar-refractivity contribution in [1.29, 1.82) is 0 Å². The zero-order valence-electron chi connectivity index (χ0n) is 20.8. The zero-order valence-corrected chi connectivity index (χ0v) is 21.5. The van der Waals surface area contributed by atoms with Gasteiger partial charge in [0.2, 0.25) is 5.91 Å². The molecular weight excluding hydrogens is 522 g/mol. The fraction of sp³-hybridized carbons (Fsp3) is 0.267. The summed E-state index contributed by atoms with van der Waals surface area (Å²) in [5.41, 5.74) is 1.29. The molecule has 1 amide bonds. The van der Waals surface area contributed by atoms with E-state index in [2.05, 4.69) is 10.3 Å². The van der Waals surface area contributed by atoms with Crippen LogP contribution in [0.3, 0.4) is 0 Å². The van der Waals surface area contributed by atoms with Crippen molar-refractivity contribution in [3.8, 4) is 22.3 Å². The van der Waals surface area contributed by atoms with E-state index < -0.39 is 28.1 Å². The SMILES string of the molecule is O=C1Nc2cnccc2-c2ccnc(c2)C2(n3ccc(-c4c(F)ccc(Cl)c4F)cc3=O)C[C@H]2CCC12CC2. The first-order valence-corrected chi connectivity index (χ1v) is 13.3. The number of carbonyl (C=O) groups excluding carboxylic acids is 1. The van der Waals surface area contributed by atoms with Gasteiger partial charge in [0.15, 0.2) is 5.82 Å². The molecule has 9 heteroatoms. The molecule has 6 nitrogen and oxygen atoms in total. The summed E-state index contributed by atoms with van der Waals surface area (Å²) in [4.78, 5) is 35.8. The van der Waals surface area contributed by atoms with Gasteiger partial charge >= 0.3 is 0 Å². The molecule has 2 atom stereocenters. The predicted octanol–water partition coefficient (Wildman–Crippen LogP) is 6.18. The molecule has 2 aliphatic carbocycles. The number of nitrogens with one attached hydrogen (secondary N) is 1. The van der Waals surface area contributed by atoms with E-state index in [0.29, 0.717) is 18.5 Å². The van der Waals surface area contributed by atoms with E-state index in [4.69, 9.17) is 16.6 Å². The van der Waals surface area contributed by atoms with E-state index >= 15 is 0 Å². The monoisotopic (exact) mass is 544 g/mol.